The van der Waals surface area contributed by atoms with Crippen molar-refractivity contribution < 1.29 is 4.74 Å². The molecule has 2 aromatic rings. The summed E-state index contributed by atoms with van der Waals surface area (Å²) in [6, 6.07) is 9.51. The van der Waals surface area contributed by atoms with Crippen LogP contribution in [0.25, 0.3) is 12.2 Å². The van der Waals surface area contributed by atoms with Crippen molar-refractivity contribution in [2.45, 2.75) is 0 Å². The Kier molecular flexibility index (Phi) is 4.25. The van der Waals surface area contributed by atoms with Gasteiger partial charge in [-0.05, 0) is 30.4 Å². The first-order chi connectivity index (χ1) is 8.88. The van der Waals surface area contributed by atoms with Crippen LogP contribution in [0.4, 0.5) is 0 Å². The maximum Gasteiger partial charge on any atom is 0.122 e. The highest BCUT2D eigenvalue weighted by molar-refractivity contribution is 5.54. The number of methoxy groups -OCH3 is 1. The van der Waals surface area contributed by atoms with E-state index in [0.717, 1.165) is 17.1 Å². The van der Waals surface area contributed by atoms with Gasteiger partial charge >= 0.3 is 0 Å². The van der Waals surface area contributed by atoms with Crippen LogP contribution < -0.4 is 4.74 Å². The molecule has 0 radical (unpaired) electrons. The molecule has 2 aromatic heterocycles. The highest BCUT2D eigenvalue weighted by atomic mass is 16.5. The lowest BCUT2D eigenvalue weighted by Gasteiger charge is -1.98. The summed E-state index contributed by atoms with van der Waals surface area (Å²) < 4.78 is 5.13. The van der Waals surface area contributed by atoms with E-state index in [1.54, 1.807) is 19.5 Å². The maximum absolute atomic E-state index is 5.13. The van der Waals surface area contributed by atoms with Crippen LogP contribution in [0.3, 0.4) is 0 Å². The molecular formula is C15H14N2O. The Morgan fingerprint density at radius 2 is 1.72 bits per heavy atom. The van der Waals surface area contributed by atoms with E-state index in [1.807, 2.05) is 54.6 Å². The van der Waals surface area contributed by atoms with Crippen molar-refractivity contribution in [3.05, 3.63) is 66.3 Å². The van der Waals surface area contributed by atoms with Crippen LogP contribution in [0.2, 0.25) is 0 Å². The van der Waals surface area contributed by atoms with E-state index in [2.05, 4.69) is 9.97 Å². The molecule has 0 saturated carbocycles. The molecule has 90 valence electrons. The monoisotopic (exact) mass is 238 g/mol. The predicted molar refractivity (Wildman–Crippen MR) is 73.1 cm³/mol. The normalized spacial score (nSPS) is 11.2. The van der Waals surface area contributed by atoms with Gasteiger partial charge in [0.2, 0.25) is 0 Å². The first-order valence-corrected chi connectivity index (χ1v) is 5.64. The Bertz CT molecular complexity index is 547. The van der Waals surface area contributed by atoms with Crippen LogP contribution in [0.5, 0.6) is 5.75 Å². The van der Waals surface area contributed by atoms with Gasteiger partial charge in [-0.3, -0.25) is 9.97 Å². The van der Waals surface area contributed by atoms with E-state index in [9.17, 15) is 0 Å². The summed E-state index contributed by atoms with van der Waals surface area (Å²) in [6.45, 7) is 0. The average molecular weight is 238 g/mol. The van der Waals surface area contributed by atoms with Gasteiger partial charge in [-0.2, -0.15) is 0 Å². The third-order valence-electron chi connectivity index (χ3n) is 2.32. The van der Waals surface area contributed by atoms with Crippen molar-refractivity contribution in [1.82, 2.24) is 9.97 Å². The molecule has 0 aliphatic rings. The Morgan fingerprint density at radius 1 is 0.944 bits per heavy atom. The number of hydrogen-bond donors (Lipinski definition) is 0. The Labute approximate surface area is 106 Å². The van der Waals surface area contributed by atoms with Crippen LogP contribution >= 0.6 is 0 Å². The highest BCUT2D eigenvalue weighted by Gasteiger charge is 1.91. The summed E-state index contributed by atoms with van der Waals surface area (Å²) in [5, 5.41) is 0. The molecule has 0 spiro atoms. The van der Waals surface area contributed by atoms with Crippen LogP contribution in [-0.4, -0.2) is 17.1 Å². The fourth-order valence-corrected chi connectivity index (χ4v) is 1.43. The van der Waals surface area contributed by atoms with Gasteiger partial charge in [0.15, 0.2) is 0 Å². The second-order valence-corrected chi connectivity index (χ2v) is 3.59. The molecule has 0 aliphatic heterocycles. The number of nitrogens with zero attached hydrogens (tertiary/aromatic N) is 2. The number of allylic oxidation sites excluding steroid dienone is 2. The topological polar surface area (TPSA) is 35.0 Å². The number of aromatic nitrogens is 2. The van der Waals surface area contributed by atoms with Gasteiger partial charge in [-0.25, -0.2) is 0 Å². The summed E-state index contributed by atoms with van der Waals surface area (Å²) in [5.74, 6) is 0.804. The predicted octanol–water partition coefficient (Wildman–Crippen LogP) is 3.21. The lowest BCUT2D eigenvalue weighted by Crippen LogP contribution is -1.85. The van der Waals surface area contributed by atoms with Crippen LogP contribution in [0.1, 0.15) is 11.4 Å². The van der Waals surface area contributed by atoms with Crippen molar-refractivity contribution in [2.75, 3.05) is 7.11 Å². The molecular weight excluding hydrogens is 224 g/mol. The minimum atomic E-state index is 0.804. The summed E-state index contributed by atoms with van der Waals surface area (Å²) in [7, 11) is 1.64. The van der Waals surface area contributed by atoms with Gasteiger partial charge in [0.05, 0.1) is 18.5 Å². The maximum atomic E-state index is 5.13. The lowest BCUT2D eigenvalue weighted by atomic mass is 10.3. The fourth-order valence-electron chi connectivity index (χ4n) is 1.43. The van der Waals surface area contributed by atoms with Crippen LogP contribution in [0.15, 0.2) is 54.9 Å². The van der Waals surface area contributed by atoms with E-state index in [4.69, 9.17) is 4.74 Å². The average Bonchev–Trinajstić information content (AvgIpc) is 2.45. The Hall–Kier alpha value is -2.42. The van der Waals surface area contributed by atoms with Crippen LogP contribution in [0, 0.1) is 0 Å². The summed E-state index contributed by atoms with van der Waals surface area (Å²) >= 11 is 0. The molecule has 0 unspecified atom stereocenters. The minimum absolute atomic E-state index is 0.804. The molecule has 0 fully saturated rings. The van der Waals surface area contributed by atoms with Gasteiger partial charge in [-0.1, -0.05) is 18.2 Å². The van der Waals surface area contributed by atoms with Gasteiger partial charge in [0.25, 0.3) is 0 Å². The van der Waals surface area contributed by atoms with Gasteiger partial charge < -0.3 is 4.74 Å². The first-order valence-electron chi connectivity index (χ1n) is 5.64. The van der Waals surface area contributed by atoms with Crippen molar-refractivity contribution in [3.63, 3.8) is 0 Å². The van der Waals surface area contributed by atoms with E-state index < -0.39 is 0 Å². The number of pyridine rings is 2. The van der Waals surface area contributed by atoms with Crippen molar-refractivity contribution in [3.8, 4) is 5.75 Å². The number of rotatable bonds is 4. The molecule has 0 aromatic carbocycles. The van der Waals surface area contributed by atoms with E-state index in [-0.39, 0.29) is 0 Å². The minimum Gasteiger partial charge on any atom is -0.497 e. The number of hydrogen-bond acceptors (Lipinski definition) is 3. The third-order valence-corrected chi connectivity index (χ3v) is 2.32. The molecule has 0 N–H and O–H groups in total. The van der Waals surface area contributed by atoms with Crippen molar-refractivity contribution >= 4 is 12.2 Å². The zero-order valence-electron chi connectivity index (χ0n) is 10.2. The fraction of sp³-hybridized carbons (Fsp3) is 0.0667. The van der Waals surface area contributed by atoms with Crippen LogP contribution in [-0.2, 0) is 0 Å². The molecule has 0 amide bonds. The molecule has 2 rings (SSSR count). The smallest absolute Gasteiger partial charge is 0.122 e. The summed E-state index contributed by atoms with van der Waals surface area (Å²) in [4.78, 5) is 8.41. The Balaban J connectivity index is 2.01. The summed E-state index contributed by atoms with van der Waals surface area (Å²) in [5.41, 5.74) is 1.79. The first kappa shape index (κ1) is 12.0. The molecule has 2 heterocycles. The SMILES string of the molecule is COc1ccnc(/C=C/C=C/c2ccccn2)c1. The molecule has 0 saturated heterocycles. The van der Waals surface area contributed by atoms with Gasteiger partial charge in [-0.15, -0.1) is 0 Å². The highest BCUT2D eigenvalue weighted by Crippen LogP contribution is 2.10. The van der Waals surface area contributed by atoms with Crippen molar-refractivity contribution in [2.24, 2.45) is 0 Å². The van der Waals surface area contributed by atoms with E-state index in [1.165, 1.54) is 0 Å². The largest absolute Gasteiger partial charge is 0.497 e. The second-order valence-electron chi connectivity index (χ2n) is 3.59. The van der Waals surface area contributed by atoms with E-state index in [0.29, 0.717) is 0 Å². The molecule has 0 atom stereocenters. The molecule has 3 nitrogen and oxygen atoms in total. The van der Waals surface area contributed by atoms with Gasteiger partial charge in [0, 0.05) is 18.5 Å². The lowest BCUT2D eigenvalue weighted by molar-refractivity contribution is 0.414. The van der Waals surface area contributed by atoms with Crippen molar-refractivity contribution in [1.29, 1.82) is 0 Å². The summed E-state index contributed by atoms with van der Waals surface area (Å²) in [6.07, 6.45) is 11.2. The third kappa shape index (κ3) is 3.56. The second kappa shape index (κ2) is 6.35. The zero-order valence-corrected chi connectivity index (χ0v) is 10.2. The molecule has 0 bridgehead atoms. The zero-order chi connectivity index (χ0) is 12.6. The van der Waals surface area contributed by atoms with E-state index >= 15 is 0 Å². The standard InChI is InChI=1S/C15H14N2O/c1-18-15-9-11-17-14(12-15)8-3-2-6-13-7-4-5-10-16-13/h2-12H,1H3/b6-2+,8-3+. The Morgan fingerprint density at radius 3 is 2.44 bits per heavy atom. The molecule has 3 heteroatoms. The molecule has 18 heavy (non-hydrogen) atoms. The van der Waals surface area contributed by atoms with Gasteiger partial charge in [0.1, 0.15) is 5.75 Å². The molecule has 0 aliphatic carbocycles. The number of ether oxygens (including phenoxy) is 1. The quantitative estimate of drug-likeness (QED) is 0.767.